The van der Waals surface area contributed by atoms with Gasteiger partial charge in [0.05, 0.1) is 6.07 Å². The second kappa shape index (κ2) is 5.86. The van der Waals surface area contributed by atoms with Crippen LogP contribution >= 0.6 is 0 Å². The lowest BCUT2D eigenvalue weighted by atomic mass is 9.90. The average molecular weight is 224 g/mol. The molecule has 90 valence electrons. The van der Waals surface area contributed by atoms with Crippen molar-refractivity contribution in [2.24, 2.45) is 5.92 Å². The Bertz CT molecular complexity index is 273. The molecule has 0 atom stereocenters. The van der Waals surface area contributed by atoms with Gasteiger partial charge >= 0.3 is 0 Å². The third-order valence-electron chi connectivity index (χ3n) is 3.28. The lowest BCUT2D eigenvalue weighted by Gasteiger charge is -2.32. The summed E-state index contributed by atoms with van der Waals surface area (Å²) < 4.78 is 5.22. The van der Waals surface area contributed by atoms with Crippen LogP contribution in [0.3, 0.4) is 0 Å². The maximum absolute atomic E-state index is 11.9. The lowest BCUT2D eigenvalue weighted by molar-refractivity contribution is -0.127. The first-order valence-corrected chi connectivity index (χ1v) is 5.98. The minimum atomic E-state index is -0.697. The van der Waals surface area contributed by atoms with Crippen molar-refractivity contribution in [2.45, 2.75) is 45.1 Å². The first-order valence-electron chi connectivity index (χ1n) is 5.98. The molecule has 1 aliphatic rings. The Morgan fingerprint density at radius 2 is 2.00 bits per heavy atom. The Morgan fingerprint density at radius 3 is 2.44 bits per heavy atom. The fourth-order valence-corrected chi connectivity index (χ4v) is 1.98. The third-order valence-corrected chi connectivity index (χ3v) is 3.28. The highest BCUT2D eigenvalue weighted by Crippen LogP contribution is 2.21. The molecule has 0 radical (unpaired) electrons. The Morgan fingerprint density at radius 1 is 1.44 bits per heavy atom. The Hall–Kier alpha value is -1.08. The molecule has 1 amide bonds. The van der Waals surface area contributed by atoms with Gasteiger partial charge in [0, 0.05) is 32.0 Å². The van der Waals surface area contributed by atoms with Crippen LogP contribution in [0.2, 0.25) is 0 Å². The highest BCUT2D eigenvalue weighted by Gasteiger charge is 2.35. The third kappa shape index (κ3) is 2.96. The largest absolute Gasteiger partial charge is 0.381 e. The standard InChI is InChI=1S/C12H20N2O2/c1-3-10(4-2)11(15)14-12(9-13)5-7-16-8-6-12/h10H,3-8H2,1-2H3,(H,14,15). The van der Waals surface area contributed by atoms with Crippen LogP contribution < -0.4 is 5.32 Å². The van der Waals surface area contributed by atoms with Gasteiger partial charge in [-0.05, 0) is 12.8 Å². The van der Waals surface area contributed by atoms with E-state index in [1.165, 1.54) is 0 Å². The van der Waals surface area contributed by atoms with E-state index in [0.29, 0.717) is 26.1 Å². The number of rotatable bonds is 4. The van der Waals surface area contributed by atoms with Gasteiger partial charge in [0.1, 0.15) is 5.54 Å². The smallest absolute Gasteiger partial charge is 0.224 e. The van der Waals surface area contributed by atoms with Crippen LogP contribution in [0.4, 0.5) is 0 Å². The van der Waals surface area contributed by atoms with E-state index in [2.05, 4.69) is 11.4 Å². The second-order valence-electron chi connectivity index (χ2n) is 4.31. The molecule has 4 heteroatoms. The maximum Gasteiger partial charge on any atom is 0.224 e. The van der Waals surface area contributed by atoms with E-state index >= 15 is 0 Å². The van der Waals surface area contributed by atoms with Crippen molar-refractivity contribution in [3.8, 4) is 6.07 Å². The van der Waals surface area contributed by atoms with Gasteiger partial charge in [-0.15, -0.1) is 0 Å². The normalized spacial score (nSPS) is 19.1. The summed E-state index contributed by atoms with van der Waals surface area (Å²) in [4.78, 5) is 11.9. The highest BCUT2D eigenvalue weighted by atomic mass is 16.5. The maximum atomic E-state index is 11.9. The fraction of sp³-hybridized carbons (Fsp3) is 0.833. The Labute approximate surface area is 97.0 Å². The average Bonchev–Trinajstić information content (AvgIpc) is 2.32. The SMILES string of the molecule is CCC(CC)C(=O)NC1(C#N)CCOCC1. The summed E-state index contributed by atoms with van der Waals surface area (Å²) in [6.07, 6.45) is 2.82. The molecular weight excluding hydrogens is 204 g/mol. The number of ether oxygens (including phenoxy) is 1. The van der Waals surface area contributed by atoms with Gasteiger partial charge in [0.2, 0.25) is 5.91 Å². The summed E-state index contributed by atoms with van der Waals surface area (Å²) in [5.74, 6) is 0.0292. The molecule has 1 heterocycles. The van der Waals surface area contributed by atoms with E-state index in [-0.39, 0.29) is 11.8 Å². The molecule has 1 aliphatic heterocycles. The lowest BCUT2D eigenvalue weighted by Crippen LogP contribution is -2.52. The number of nitriles is 1. The molecule has 0 aromatic rings. The van der Waals surface area contributed by atoms with Gasteiger partial charge in [0.25, 0.3) is 0 Å². The van der Waals surface area contributed by atoms with Crippen LogP contribution in [-0.2, 0) is 9.53 Å². The quantitative estimate of drug-likeness (QED) is 0.789. The summed E-state index contributed by atoms with van der Waals surface area (Å²) in [6.45, 7) is 5.10. The highest BCUT2D eigenvalue weighted by molar-refractivity contribution is 5.79. The van der Waals surface area contributed by atoms with E-state index < -0.39 is 5.54 Å². The molecule has 0 aliphatic carbocycles. The zero-order valence-corrected chi connectivity index (χ0v) is 10.1. The summed E-state index contributed by atoms with van der Waals surface area (Å²) >= 11 is 0. The van der Waals surface area contributed by atoms with Gasteiger partial charge in [-0.3, -0.25) is 4.79 Å². The van der Waals surface area contributed by atoms with Crippen LogP contribution in [0.15, 0.2) is 0 Å². The van der Waals surface area contributed by atoms with Crippen LogP contribution in [0.1, 0.15) is 39.5 Å². The topological polar surface area (TPSA) is 62.1 Å². The predicted molar refractivity (Wildman–Crippen MR) is 60.6 cm³/mol. The van der Waals surface area contributed by atoms with Crippen LogP contribution in [0, 0.1) is 17.2 Å². The zero-order valence-electron chi connectivity index (χ0n) is 10.1. The number of amides is 1. The van der Waals surface area contributed by atoms with Gasteiger partial charge in [0.15, 0.2) is 0 Å². The number of hydrogen-bond donors (Lipinski definition) is 1. The summed E-state index contributed by atoms with van der Waals surface area (Å²) in [7, 11) is 0. The number of nitrogens with zero attached hydrogens (tertiary/aromatic N) is 1. The number of carbonyl (C=O) groups excluding carboxylic acids is 1. The molecule has 0 unspecified atom stereocenters. The molecule has 1 saturated heterocycles. The van der Waals surface area contributed by atoms with E-state index in [9.17, 15) is 10.1 Å². The van der Waals surface area contributed by atoms with Crippen LogP contribution in [0.5, 0.6) is 0 Å². The molecule has 0 bridgehead atoms. The van der Waals surface area contributed by atoms with Gasteiger partial charge in [-0.2, -0.15) is 5.26 Å². The Kier molecular flexibility index (Phi) is 4.75. The van der Waals surface area contributed by atoms with Crippen molar-refractivity contribution in [1.82, 2.24) is 5.32 Å². The summed E-state index contributed by atoms with van der Waals surface area (Å²) in [5.41, 5.74) is -0.697. The Balaban J connectivity index is 2.62. The van der Waals surface area contributed by atoms with Crippen molar-refractivity contribution in [3.05, 3.63) is 0 Å². The van der Waals surface area contributed by atoms with E-state index in [1.807, 2.05) is 13.8 Å². The van der Waals surface area contributed by atoms with Gasteiger partial charge < -0.3 is 10.1 Å². The van der Waals surface area contributed by atoms with Gasteiger partial charge in [-0.1, -0.05) is 13.8 Å². The number of hydrogen-bond acceptors (Lipinski definition) is 3. The van der Waals surface area contributed by atoms with Crippen molar-refractivity contribution < 1.29 is 9.53 Å². The van der Waals surface area contributed by atoms with Gasteiger partial charge in [-0.25, -0.2) is 0 Å². The first kappa shape index (κ1) is 13.0. The van der Waals surface area contributed by atoms with Crippen molar-refractivity contribution in [3.63, 3.8) is 0 Å². The van der Waals surface area contributed by atoms with Crippen molar-refractivity contribution >= 4 is 5.91 Å². The molecule has 0 saturated carbocycles. The molecular formula is C12H20N2O2. The van der Waals surface area contributed by atoms with Crippen molar-refractivity contribution in [2.75, 3.05) is 13.2 Å². The van der Waals surface area contributed by atoms with E-state index in [4.69, 9.17) is 4.74 Å². The molecule has 0 spiro atoms. The minimum absolute atomic E-state index is 0.00782. The molecule has 16 heavy (non-hydrogen) atoms. The fourth-order valence-electron chi connectivity index (χ4n) is 1.98. The van der Waals surface area contributed by atoms with E-state index in [1.54, 1.807) is 0 Å². The van der Waals surface area contributed by atoms with Crippen LogP contribution in [0.25, 0.3) is 0 Å². The van der Waals surface area contributed by atoms with Crippen LogP contribution in [-0.4, -0.2) is 24.7 Å². The molecule has 1 rings (SSSR count). The molecule has 4 nitrogen and oxygen atoms in total. The monoisotopic (exact) mass is 224 g/mol. The minimum Gasteiger partial charge on any atom is -0.381 e. The molecule has 1 fully saturated rings. The molecule has 1 N–H and O–H groups in total. The second-order valence-corrected chi connectivity index (χ2v) is 4.31. The number of nitrogens with one attached hydrogen (secondary N) is 1. The molecule has 0 aromatic carbocycles. The van der Waals surface area contributed by atoms with Crippen molar-refractivity contribution in [1.29, 1.82) is 5.26 Å². The predicted octanol–water partition coefficient (Wildman–Crippen LogP) is 1.61. The summed E-state index contributed by atoms with van der Waals surface area (Å²) in [6, 6.07) is 2.24. The molecule has 0 aromatic heterocycles. The first-order chi connectivity index (χ1) is 7.67. The number of carbonyl (C=O) groups is 1. The zero-order chi connectivity index (χ0) is 12.0. The summed E-state index contributed by atoms with van der Waals surface area (Å²) in [5, 5.41) is 12.1. The van der Waals surface area contributed by atoms with E-state index in [0.717, 1.165) is 12.8 Å².